The zero-order chi connectivity index (χ0) is 20.0. The number of fused-ring (bicyclic) bond motifs is 1. The van der Waals surface area contributed by atoms with Crippen molar-refractivity contribution in [3.05, 3.63) is 49.9 Å². The van der Waals surface area contributed by atoms with Gasteiger partial charge in [0.2, 0.25) is 5.91 Å². The van der Waals surface area contributed by atoms with E-state index in [0.29, 0.717) is 33.6 Å². The highest BCUT2D eigenvalue weighted by molar-refractivity contribution is 7.22. The fourth-order valence-electron chi connectivity index (χ4n) is 3.35. The molecule has 1 aromatic carbocycles. The minimum atomic E-state index is -0.594. The second kappa shape index (κ2) is 7.06. The number of amides is 1. The van der Waals surface area contributed by atoms with Crippen molar-refractivity contribution in [1.29, 1.82) is 0 Å². The molecule has 1 amide bonds. The number of nitrogens with one attached hydrogen (secondary N) is 2. The third kappa shape index (κ3) is 3.10. The molecule has 0 unspecified atom stereocenters. The molecule has 1 atom stereocenters. The molecule has 3 heterocycles. The zero-order valence-corrected chi connectivity index (χ0v) is 16.2. The van der Waals surface area contributed by atoms with Crippen LogP contribution >= 0.6 is 22.9 Å². The number of aromatic nitrogens is 2. The fraction of sp³-hybridized carbons (Fsp3) is 0.278. The van der Waals surface area contributed by atoms with E-state index in [4.69, 9.17) is 16.3 Å². The molecule has 0 saturated carbocycles. The summed E-state index contributed by atoms with van der Waals surface area (Å²) in [7, 11) is 1.34. The van der Waals surface area contributed by atoms with Crippen molar-refractivity contribution in [2.24, 2.45) is 0 Å². The van der Waals surface area contributed by atoms with E-state index in [-0.39, 0.29) is 23.1 Å². The molecule has 146 valence electrons. The number of hydrogen-bond donors (Lipinski definition) is 2. The maximum Gasteiger partial charge on any atom is 0.329 e. The number of carbonyl (C=O) groups excluding carboxylic acids is 1. The molecular formula is C18H15ClFN3O4S. The van der Waals surface area contributed by atoms with Gasteiger partial charge in [-0.3, -0.25) is 14.2 Å². The molecule has 4 rings (SSSR count). The molecule has 0 aliphatic carbocycles. The molecule has 1 aliphatic rings. The van der Waals surface area contributed by atoms with Crippen molar-refractivity contribution < 1.29 is 13.9 Å². The summed E-state index contributed by atoms with van der Waals surface area (Å²) in [4.78, 5) is 40.4. The number of ether oxygens (including phenoxy) is 1. The van der Waals surface area contributed by atoms with Crippen LogP contribution in [0.2, 0.25) is 5.02 Å². The normalized spacial score (nSPS) is 17.0. The smallest absolute Gasteiger partial charge is 0.329 e. The number of hydrogen-bond acceptors (Lipinski definition) is 5. The Hall–Kier alpha value is -2.65. The van der Waals surface area contributed by atoms with Crippen LogP contribution in [0.5, 0.6) is 5.75 Å². The van der Waals surface area contributed by atoms with Crippen molar-refractivity contribution in [3.63, 3.8) is 0 Å². The van der Waals surface area contributed by atoms with Gasteiger partial charge < -0.3 is 15.0 Å². The highest BCUT2D eigenvalue weighted by Gasteiger charge is 2.25. The number of nitrogens with zero attached hydrogens (tertiary/aromatic N) is 1. The molecule has 1 fully saturated rings. The molecule has 1 aliphatic heterocycles. The molecule has 1 saturated heterocycles. The lowest BCUT2D eigenvalue weighted by atomic mass is 10.1. The number of halogens is 2. The topological polar surface area (TPSA) is 93.2 Å². The van der Waals surface area contributed by atoms with E-state index in [9.17, 15) is 18.8 Å². The van der Waals surface area contributed by atoms with Crippen molar-refractivity contribution in [2.45, 2.75) is 18.9 Å². The lowest BCUT2D eigenvalue weighted by Gasteiger charge is -2.23. The molecule has 10 heteroatoms. The van der Waals surface area contributed by atoms with E-state index in [0.717, 1.165) is 22.0 Å². The van der Waals surface area contributed by atoms with Crippen LogP contribution in [0.3, 0.4) is 0 Å². The highest BCUT2D eigenvalue weighted by Crippen LogP contribution is 2.38. The summed E-state index contributed by atoms with van der Waals surface area (Å²) in [6, 6.07) is 3.72. The van der Waals surface area contributed by atoms with E-state index >= 15 is 0 Å². The quantitative estimate of drug-likeness (QED) is 0.677. The Morgan fingerprint density at radius 2 is 2.07 bits per heavy atom. The Labute approximate surface area is 166 Å². The second-order valence-electron chi connectivity index (χ2n) is 6.42. The van der Waals surface area contributed by atoms with Gasteiger partial charge in [0.1, 0.15) is 4.70 Å². The van der Waals surface area contributed by atoms with Gasteiger partial charge in [0, 0.05) is 23.4 Å². The molecule has 2 N–H and O–H groups in total. The van der Waals surface area contributed by atoms with Crippen LogP contribution < -0.4 is 21.3 Å². The van der Waals surface area contributed by atoms with Crippen molar-refractivity contribution >= 4 is 39.1 Å². The molecule has 28 heavy (non-hydrogen) atoms. The van der Waals surface area contributed by atoms with Crippen LogP contribution in [-0.2, 0) is 4.79 Å². The molecule has 0 bridgehead atoms. The monoisotopic (exact) mass is 423 g/mol. The maximum atomic E-state index is 13.8. The summed E-state index contributed by atoms with van der Waals surface area (Å²) in [6.45, 7) is 0.411. The zero-order valence-electron chi connectivity index (χ0n) is 14.7. The van der Waals surface area contributed by atoms with Gasteiger partial charge >= 0.3 is 5.69 Å². The molecule has 7 nitrogen and oxygen atoms in total. The van der Waals surface area contributed by atoms with Crippen LogP contribution in [0.15, 0.2) is 27.8 Å². The van der Waals surface area contributed by atoms with Gasteiger partial charge in [-0.15, -0.1) is 11.3 Å². The SMILES string of the molecule is COc1cc(-c2cc3[nH]c(=O)n([C@H]4CCNC(=O)C4)c(=O)c3s2)c(Cl)cc1F. The Morgan fingerprint density at radius 3 is 2.79 bits per heavy atom. The Bertz CT molecular complexity index is 1220. The van der Waals surface area contributed by atoms with Gasteiger partial charge in [-0.05, 0) is 24.6 Å². The summed E-state index contributed by atoms with van der Waals surface area (Å²) in [5.74, 6) is -0.764. The average molecular weight is 424 g/mol. The standard InChI is InChI=1S/C18H15ClFN3O4S/c1-27-13-5-9(10(19)6-11(13)20)14-7-12-16(28-14)17(25)23(18(26)22-12)8-2-3-21-15(24)4-8/h5-8H,2-4H2,1H3,(H,21,24)(H,22,26)/t8-/m0/s1. The lowest BCUT2D eigenvalue weighted by molar-refractivity contribution is -0.123. The van der Waals surface area contributed by atoms with Gasteiger partial charge in [-0.1, -0.05) is 11.6 Å². The summed E-state index contributed by atoms with van der Waals surface area (Å²) < 4.78 is 20.3. The van der Waals surface area contributed by atoms with Crippen LogP contribution in [0.4, 0.5) is 4.39 Å². The number of rotatable bonds is 3. The first-order valence-corrected chi connectivity index (χ1v) is 9.67. The lowest BCUT2D eigenvalue weighted by Crippen LogP contribution is -2.43. The number of thiophene rings is 1. The van der Waals surface area contributed by atoms with E-state index in [1.165, 1.54) is 13.2 Å². The van der Waals surface area contributed by atoms with Crippen molar-refractivity contribution in [2.75, 3.05) is 13.7 Å². The van der Waals surface area contributed by atoms with Crippen molar-refractivity contribution in [3.8, 4) is 16.2 Å². The van der Waals surface area contributed by atoms with E-state index < -0.39 is 23.1 Å². The van der Waals surface area contributed by atoms with E-state index in [1.54, 1.807) is 6.07 Å². The number of piperidine rings is 1. The van der Waals surface area contributed by atoms with Crippen LogP contribution in [0.1, 0.15) is 18.9 Å². The van der Waals surface area contributed by atoms with Gasteiger partial charge in [0.05, 0.1) is 23.7 Å². The summed E-state index contributed by atoms with van der Waals surface area (Å²) in [5, 5.41) is 2.85. The summed E-state index contributed by atoms with van der Waals surface area (Å²) >= 11 is 7.31. The third-order valence-corrected chi connectivity index (χ3v) is 6.17. The number of methoxy groups -OCH3 is 1. The van der Waals surface area contributed by atoms with E-state index in [1.807, 2.05) is 0 Å². The Balaban J connectivity index is 1.87. The first kappa shape index (κ1) is 18.7. The van der Waals surface area contributed by atoms with Gasteiger partial charge in [0.25, 0.3) is 5.56 Å². The molecular weight excluding hydrogens is 409 g/mol. The Kier molecular flexibility index (Phi) is 4.72. The number of H-pyrrole nitrogens is 1. The molecule has 0 radical (unpaired) electrons. The fourth-order valence-corrected chi connectivity index (χ4v) is 4.73. The molecule has 0 spiro atoms. The summed E-state index contributed by atoms with van der Waals surface area (Å²) in [5.41, 5.74) is -0.167. The predicted octanol–water partition coefficient (Wildman–Crippen LogP) is 2.67. The number of benzene rings is 1. The van der Waals surface area contributed by atoms with Gasteiger partial charge in [-0.25, -0.2) is 9.18 Å². The largest absolute Gasteiger partial charge is 0.494 e. The minimum Gasteiger partial charge on any atom is -0.494 e. The second-order valence-corrected chi connectivity index (χ2v) is 7.88. The van der Waals surface area contributed by atoms with Crippen LogP contribution in [-0.4, -0.2) is 29.1 Å². The maximum absolute atomic E-state index is 13.8. The Morgan fingerprint density at radius 1 is 1.29 bits per heavy atom. The van der Waals surface area contributed by atoms with Gasteiger partial charge in [-0.2, -0.15) is 0 Å². The number of aromatic amines is 1. The van der Waals surface area contributed by atoms with E-state index in [2.05, 4.69) is 10.3 Å². The van der Waals surface area contributed by atoms with Gasteiger partial charge in [0.15, 0.2) is 11.6 Å². The predicted molar refractivity (Wildman–Crippen MR) is 105 cm³/mol. The minimum absolute atomic E-state index is 0.0241. The highest BCUT2D eigenvalue weighted by atomic mass is 35.5. The third-order valence-electron chi connectivity index (χ3n) is 4.70. The number of carbonyl (C=O) groups is 1. The molecule has 2 aromatic heterocycles. The van der Waals surface area contributed by atoms with Crippen LogP contribution in [0, 0.1) is 5.82 Å². The summed E-state index contributed by atoms with van der Waals surface area (Å²) in [6.07, 6.45) is 0.577. The van der Waals surface area contributed by atoms with Crippen LogP contribution in [0.25, 0.3) is 20.7 Å². The molecule has 3 aromatic rings. The first-order chi connectivity index (χ1) is 13.4. The first-order valence-electron chi connectivity index (χ1n) is 8.47. The average Bonchev–Trinajstić information content (AvgIpc) is 3.06. The van der Waals surface area contributed by atoms with Crippen molar-refractivity contribution in [1.82, 2.24) is 14.9 Å².